The SMILES string of the molecule is CCS[C@@H]1CC[C@@H](NC)C(=O)N1. The molecule has 0 aromatic rings. The van der Waals surface area contributed by atoms with Crippen LogP contribution in [0.4, 0.5) is 0 Å². The van der Waals surface area contributed by atoms with E-state index in [1.165, 1.54) is 0 Å². The van der Waals surface area contributed by atoms with Crippen LogP contribution in [0.2, 0.25) is 0 Å². The van der Waals surface area contributed by atoms with Crippen molar-refractivity contribution in [2.24, 2.45) is 0 Å². The van der Waals surface area contributed by atoms with Gasteiger partial charge < -0.3 is 10.6 Å². The van der Waals surface area contributed by atoms with Gasteiger partial charge in [0.15, 0.2) is 0 Å². The van der Waals surface area contributed by atoms with E-state index in [2.05, 4.69) is 17.6 Å². The third-order valence-corrected chi connectivity index (χ3v) is 3.14. The smallest absolute Gasteiger partial charge is 0.237 e. The van der Waals surface area contributed by atoms with Crippen molar-refractivity contribution < 1.29 is 4.79 Å². The minimum Gasteiger partial charge on any atom is -0.343 e. The predicted octanol–water partition coefficient (Wildman–Crippen LogP) is 0.564. The van der Waals surface area contributed by atoms with E-state index in [1.54, 1.807) is 0 Å². The maximum absolute atomic E-state index is 11.3. The second kappa shape index (κ2) is 4.72. The van der Waals surface area contributed by atoms with Crippen molar-refractivity contribution in [3.8, 4) is 0 Å². The van der Waals surface area contributed by atoms with E-state index in [-0.39, 0.29) is 11.9 Å². The van der Waals surface area contributed by atoms with Crippen LogP contribution in [0.15, 0.2) is 0 Å². The fourth-order valence-electron chi connectivity index (χ4n) is 1.38. The number of likely N-dealkylation sites (N-methyl/N-ethyl adjacent to an activating group) is 1. The fourth-order valence-corrected chi connectivity index (χ4v) is 2.29. The van der Waals surface area contributed by atoms with E-state index >= 15 is 0 Å². The summed E-state index contributed by atoms with van der Waals surface area (Å²) in [5.74, 6) is 1.21. The number of amides is 1. The van der Waals surface area contributed by atoms with Gasteiger partial charge in [-0.25, -0.2) is 0 Å². The average Bonchev–Trinajstić information content (AvgIpc) is 2.05. The molecule has 1 rings (SSSR count). The van der Waals surface area contributed by atoms with E-state index < -0.39 is 0 Å². The first kappa shape index (κ1) is 9.86. The number of rotatable bonds is 3. The normalized spacial score (nSPS) is 30.0. The second-order valence-electron chi connectivity index (χ2n) is 2.87. The Hall–Kier alpha value is -0.220. The molecule has 0 radical (unpaired) electrons. The van der Waals surface area contributed by atoms with Gasteiger partial charge in [-0.2, -0.15) is 0 Å². The first-order chi connectivity index (χ1) is 5.77. The van der Waals surface area contributed by atoms with Crippen LogP contribution in [-0.2, 0) is 4.79 Å². The molecular formula is C8H16N2OS. The average molecular weight is 188 g/mol. The van der Waals surface area contributed by atoms with E-state index in [0.29, 0.717) is 5.37 Å². The van der Waals surface area contributed by atoms with Gasteiger partial charge in [0.2, 0.25) is 5.91 Å². The minimum atomic E-state index is 0.0266. The Balaban J connectivity index is 2.35. The third-order valence-electron chi connectivity index (χ3n) is 2.05. The summed E-state index contributed by atoms with van der Waals surface area (Å²) < 4.78 is 0. The van der Waals surface area contributed by atoms with E-state index in [1.807, 2.05) is 18.8 Å². The highest BCUT2D eigenvalue weighted by Gasteiger charge is 2.25. The van der Waals surface area contributed by atoms with Crippen LogP contribution in [0.1, 0.15) is 19.8 Å². The lowest BCUT2D eigenvalue weighted by Gasteiger charge is -2.28. The Kier molecular flexibility index (Phi) is 3.88. The molecule has 0 unspecified atom stereocenters. The van der Waals surface area contributed by atoms with Gasteiger partial charge in [-0.15, -0.1) is 11.8 Å². The molecule has 12 heavy (non-hydrogen) atoms. The molecule has 1 amide bonds. The van der Waals surface area contributed by atoms with Crippen LogP contribution in [0.25, 0.3) is 0 Å². The highest BCUT2D eigenvalue weighted by molar-refractivity contribution is 7.99. The molecule has 2 atom stereocenters. The number of piperidine rings is 1. The van der Waals surface area contributed by atoms with Crippen molar-refractivity contribution >= 4 is 17.7 Å². The molecule has 0 aromatic carbocycles. The molecule has 1 aliphatic rings. The molecule has 0 bridgehead atoms. The van der Waals surface area contributed by atoms with Crippen LogP contribution in [0.3, 0.4) is 0 Å². The molecular weight excluding hydrogens is 172 g/mol. The van der Waals surface area contributed by atoms with Crippen molar-refractivity contribution in [1.82, 2.24) is 10.6 Å². The Morgan fingerprint density at radius 3 is 2.92 bits per heavy atom. The quantitative estimate of drug-likeness (QED) is 0.680. The summed E-state index contributed by atoms with van der Waals surface area (Å²) in [5, 5.41) is 6.31. The van der Waals surface area contributed by atoms with Crippen LogP contribution in [0, 0.1) is 0 Å². The zero-order valence-electron chi connectivity index (χ0n) is 7.59. The molecule has 1 aliphatic heterocycles. The van der Waals surface area contributed by atoms with Gasteiger partial charge in [0, 0.05) is 0 Å². The van der Waals surface area contributed by atoms with Gasteiger partial charge in [-0.1, -0.05) is 6.92 Å². The predicted molar refractivity (Wildman–Crippen MR) is 52.1 cm³/mol. The number of nitrogens with one attached hydrogen (secondary N) is 2. The third kappa shape index (κ3) is 2.38. The van der Waals surface area contributed by atoms with Crippen molar-refractivity contribution in [1.29, 1.82) is 0 Å². The molecule has 4 heteroatoms. The van der Waals surface area contributed by atoms with Gasteiger partial charge in [0.1, 0.15) is 0 Å². The van der Waals surface area contributed by atoms with Gasteiger partial charge in [0.05, 0.1) is 11.4 Å². The van der Waals surface area contributed by atoms with Crippen LogP contribution in [-0.4, -0.2) is 30.1 Å². The molecule has 0 spiro atoms. The second-order valence-corrected chi connectivity index (χ2v) is 4.35. The zero-order valence-corrected chi connectivity index (χ0v) is 8.41. The number of carbonyl (C=O) groups excluding carboxylic acids is 1. The van der Waals surface area contributed by atoms with E-state index in [4.69, 9.17) is 0 Å². The highest BCUT2D eigenvalue weighted by atomic mass is 32.2. The lowest BCUT2D eigenvalue weighted by molar-refractivity contribution is -0.124. The Bertz CT molecular complexity index is 163. The van der Waals surface area contributed by atoms with Crippen LogP contribution in [0.5, 0.6) is 0 Å². The Morgan fingerprint density at radius 2 is 2.42 bits per heavy atom. The van der Waals surface area contributed by atoms with Crippen molar-refractivity contribution in [3.05, 3.63) is 0 Å². The first-order valence-corrected chi connectivity index (χ1v) is 5.42. The molecule has 0 aromatic heterocycles. The first-order valence-electron chi connectivity index (χ1n) is 4.37. The highest BCUT2D eigenvalue weighted by Crippen LogP contribution is 2.18. The number of carbonyl (C=O) groups is 1. The molecule has 0 aliphatic carbocycles. The van der Waals surface area contributed by atoms with E-state index in [0.717, 1.165) is 18.6 Å². The van der Waals surface area contributed by atoms with Crippen LogP contribution < -0.4 is 10.6 Å². The van der Waals surface area contributed by atoms with Crippen molar-refractivity contribution in [2.45, 2.75) is 31.2 Å². The van der Waals surface area contributed by atoms with Crippen LogP contribution >= 0.6 is 11.8 Å². The molecule has 1 fully saturated rings. The number of hydrogen-bond donors (Lipinski definition) is 2. The standard InChI is InChI=1S/C8H16N2OS/c1-3-12-7-5-4-6(9-2)8(11)10-7/h6-7,9H,3-5H2,1-2H3,(H,10,11)/t6-,7-/m1/s1. The summed E-state index contributed by atoms with van der Waals surface area (Å²) in [6.45, 7) is 2.11. The number of thioether (sulfide) groups is 1. The summed E-state index contributed by atoms with van der Waals surface area (Å²) in [6, 6.07) is 0.0266. The van der Waals surface area contributed by atoms with Gasteiger partial charge in [0.25, 0.3) is 0 Å². The monoisotopic (exact) mass is 188 g/mol. The minimum absolute atomic E-state index is 0.0266. The zero-order chi connectivity index (χ0) is 8.97. The summed E-state index contributed by atoms with van der Waals surface area (Å²) in [4.78, 5) is 11.3. The maximum atomic E-state index is 11.3. The summed E-state index contributed by atoms with van der Waals surface area (Å²) in [7, 11) is 1.83. The fraction of sp³-hybridized carbons (Fsp3) is 0.875. The summed E-state index contributed by atoms with van der Waals surface area (Å²) >= 11 is 1.81. The van der Waals surface area contributed by atoms with Crippen molar-refractivity contribution in [3.63, 3.8) is 0 Å². The molecule has 0 saturated carbocycles. The number of hydrogen-bond acceptors (Lipinski definition) is 3. The van der Waals surface area contributed by atoms with Crippen molar-refractivity contribution in [2.75, 3.05) is 12.8 Å². The summed E-state index contributed by atoms with van der Waals surface area (Å²) in [6.07, 6.45) is 2.04. The maximum Gasteiger partial charge on any atom is 0.237 e. The lowest BCUT2D eigenvalue weighted by Crippen LogP contribution is -2.50. The van der Waals surface area contributed by atoms with E-state index in [9.17, 15) is 4.79 Å². The van der Waals surface area contributed by atoms with Gasteiger partial charge >= 0.3 is 0 Å². The molecule has 2 N–H and O–H groups in total. The molecule has 1 heterocycles. The van der Waals surface area contributed by atoms with Gasteiger partial charge in [-0.3, -0.25) is 4.79 Å². The largest absolute Gasteiger partial charge is 0.343 e. The summed E-state index contributed by atoms with van der Waals surface area (Å²) in [5.41, 5.74) is 0. The molecule has 1 saturated heterocycles. The Morgan fingerprint density at radius 1 is 1.67 bits per heavy atom. The molecule has 3 nitrogen and oxygen atoms in total. The Labute approximate surface area is 77.7 Å². The molecule has 70 valence electrons. The lowest BCUT2D eigenvalue weighted by atomic mass is 10.1. The van der Waals surface area contributed by atoms with Gasteiger partial charge in [-0.05, 0) is 25.6 Å². The topological polar surface area (TPSA) is 41.1 Å².